The highest BCUT2D eigenvalue weighted by Crippen LogP contribution is 2.23. The van der Waals surface area contributed by atoms with Gasteiger partial charge in [0, 0.05) is 29.4 Å². The summed E-state index contributed by atoms with van der Waals surface area (Å²) in [7, 11) is 1.58. The van der Waals surface area contributed by atoms with E-state index in [4.69, 9.17) is 9.47 Å². The molecule has 3 aromatic rings. The summed E-state index contributed by atoms with van der Waals surface area (Å²) in [5.74, 6) is 0.935. The van der Waals surface area contributed by atoms with Crippen LogP contribution < -0.4 is 20.1 Å². The molecule has 0 saturated heterocycles. The molecule has 2 amide bonds. The number of hydrogen-bond acceptors (Lipinski definition) is 4. The molecule has 0 atom stereocenters. The van der Waals surface area contributed by atoms with E-state index >= 15 is 0 Å². The van der Waals surface area contributed by atoms with Gasteiger partial charge in [-0.05, 0) is 48.5 Å². The van der Waals surface area contributed by atoms with Crippen molar-refractivity contribution in [1.29, 1.82) is 0 Å². The van der Waals surface area contributed by atoms with E-state index in [1.54, 1.807) is 49.6 Å². The van der Waals surface area contributed by atoms with E-state index in [9.17, 15) is 9.59 Å². The van der Waals surface area contributed by atoms with Crippen LogP contribution in [0.1, 0.15) is 22.8 Å². The predicted octanol–water partition coefficient (Wildman–Crippen LogP) is 4.48. The fourth-order valence-corrected chi connectivity index (χ4v) is 2.79. The Morgan fingerprint density at radius 2 is 1.59 bits per heavy atom. The number of methoxy groups -OCH3 is 1. The Balaban J connectivity index is 1.74. The number of carbonyl (C=O) groups excluding carboxylic acids is 2. The van der Waals surface area contributed by atoms with Crippen LogP contribution in [0, 0.1) is 0 Å². The van der Waals surface area contributed by atoms with Crippen LogP contribution in [-0.2, 0) is 11.4 Å². The number of carbonyl (C=O) groups is 2. The van der Waals surface area contributed by atoms with Gasteiger partial charge in [0.1, 0.15) is 18.1 Å². The fraction of sp³-hybridized carbons (Fsp3) is 0.130. The molecule has 0 heterocycles. The lowest BCUT2D eigenvalue weighted by atomic mass is 10.1. The van der Waals surface area contributed by atoms with Crippen molar-refractivity contribution < 1.29 is 19.1 Å². The molecule has 0 aliphatic carbocycles. The standard InChI is InChI=1S/C23H22N2O4/c1-16(26)24-19-7-6-8-20(14-19)25-23(27)17-11-12-22(28-2)18(13-17)15-29-21-9-4-3-5-10-21/h3-14H,15H2,1-2H3,(H,24,26)(H,25,27). The van der Waals surface area contributed by atoms with Crippen molar-refractivity contribution in [3.8, 4) is 11.5 Å². The Labute approximate surface area is 169 Å². The number of amides is 2. The van der Waals surface area contributed by atoms with E-state index in [1.165, 1.54) is 6.92 Å². The minimum absolute atomic E-state index is 0.174. The van der Waals surface area contributed by atoms with Gasteiger partial charge >= 0.3 is 0 Å². The summed E-state index contributed by atoms with van der Waals surface area (Å²) in [6.45, 7) is 1.70. The van der Waals surface area contributed by atoms with Gasteiger partial charge in [-0.3, -0.25) is 9.59 Å². The van der Waals surface area contributed by atoms with Crippen LogP contribution >= 0.6 is 0 Å². The van der Waals surface area contributed by atoms with E-state index in [0.29, 0.717) is 22.7 Å². The van der Waals surface area contributed by atoms with Crippen LogP contribution in [0.4, 0.5) is 11.4 Å². The third-order valence-corrected chi connectivity index (χ3v) is 4.12. The third-order valence-electron chi connectivity index (χ3n) is 4.12. The zero-order valence-corrected chi connectivity index (χ0v) is 16.3. The van der Waals surface area contributed by atoms with Crippen molar-refractivity contribution >= 4 is 23.2 Å². The lowest BCUT2D eigenvalue weighted by molar-refractivity contribution is -0.114. The van der Waals surface area contributed by atoms with Crippen LogP contribution in [-0.4, -0.2) is 18.9 Å². The van der Waals surface area contributed by atoms with Crippen molar-refractivity contribution in [2.45, 2.75) is 13.5 Å². The summed E-state index contributed by atoms with van der Waals surface area (Å²) in [5, 5.41) is 5.53. The number of benzene rings is 3. The number of anilines is 2. The second-order valence-electron chi connectivity index (χ2n) is 6.34. The number of hydrogen-bond donors (Lipinski definition) is 2. The smallest absolute Gasteiger partial charge is 0.255 e. The summed E-state index contributed by atoms with van der Waals surface area (Å²) >= 11 is 0. The van der Waals surface area contributed by atoms with Crippen molar-refractivity contribution in [2.75, 3.05) is 17.7 Å². The molecule has 6 nitrogen and oxygen atoms in total. The van der Waals surface area contributed by atoms with Crippen molar-refractivity contribution in [3.05, 3.63) is 83.9 Å². The molecule has 0 spiro atoms. The number of nitrogens with one attached hydrogen (secondary N) is 2. The van der Waals surface area contributed by atoms with E-state index in [0.717, 1.165) is 11.3 Å². The molecule has 0 aromatic heterocycles. The Bertz CT molecular complexity index is 1000. The lowest BCUT2D eigenvalue weighted by Crippen LogP contribution is -2.13. The minimum atomic E-state index is -0.270. The first-order chi connectivity index (χ1) is 14.0. The second-order valence-corrected chi connectivity index (χ2v) is 6.34. The molecule has 3 rings (SSSR count). The molecule has 148 valence electrons. The zero-order valence-electron chi connectivity index (χ0n) is 16.3. The average molecular weight is 390 g/mol. The highest BCUT2D eigenvalue weighted by atomic mass is 16.5. The first kappa shape index (κ1) is 19.9. The van der Waals surface area contributed by atoms with Gasteiger partial charge in [0.25, 0.3) is 5.91 Å². The normalized spacial score (nSPS) is 10.1. The monoisotopic (exact) mass is 390 g/mol. The van der Waals surface area contributed by atoms with Gasteiger partial charge in [0.2, 0.25) is 5.91 Å². The van der Waals surface area contributed by atoms with Crippen LogP contribution in [0.3, 0.4) is 0 Å². The first-order valence-electron chi connectivity index (χ1n) is 9.09. The molecule has 0 aliphatic heterocycles. The SMILES string of the molecule is COc1ccc(C(=O)Nc2cccc(NC(C)=O)c2)cc1COc1ccccc1. The average Bonchev–Trinajstić information content (AvgIpc) is 2.72. The van der Waals surface area contributed by atoms with E-state index < -0.39 is 0 Å². The van der Waals surface area contributed by atoms with E-state index in [-0.39, 0.29) is 18.4 Å². The van der Waals surface area contributed by atoms with Crippen LogP contribution in [0.5, 0.6) is 11.5 Å². The molecule has 0 saturated carbocycles. The largest absolute Gasteiger partial charge is 0.496 e. The summed E-state index contributed by atoms with van der Waals surface area (Å²) in [4.78, 5) is 23.9. The molecule has 6 heteroatoms. The Kier molecular flexibility index (Phi) is 6.47. The molecule has 0 aliphatic rings. The van der Waals surface area contributed by atoms with Crippen molar-refractivity contribution in [1.82, 2.24) is 0 Å². The maximum Gasteiger partial charge on any atom is 0.255 e. The summed E-state index contributed by atoms with van der Waals surface area (Å²) in [6.07, 6.45) is 0. The second kappa shape index (κ2) is 9.41. The van der Waals surface area contributed by atoms with Gasteiger partial charge in [-0.25, -0.2) is 0 Å². The summed E-state index contributed by atoms with van der Waals surface area (Å²) in [5.41, 5.74) is 2.43. The molecule has 2 N–H and O–H groups in total. The van der Waals surface area contributed by atoms with E-state index in [2.05, 4.69) is 10.6 Å². The van der Waals surface area contributed by atoms with E-state index in [1.807, 2.05) is 30.3 Å². The van der Waals surface area contributed by atoms with Gasteiger partial charge in [-0.1, -0.05) is 24.3 Å². The maximum absolute atomic E-state index is 12.7. The fourth-order valence-electron chi connectivity index (χ4n) is 2.79. The number of rotatable bonds is 7. The van der Waals surface area contributed by atoms with Crippen molar-refractivity contribution in [3.63, 3.8) is 0 Å². The molecular formula is C23H22N2O4. The predicted molar refractivity (Wildman–Crippen MR) is 112 cm³/mol. The molecular weight excluding hydrogens is 368 g/mol. The molecule has 0 radical (unpaired) electrons. The maximum atomic E-state index is 12.7. The highest BCUT2D eigenvalue weighted by Gasteiger charge is 2.12. The summed E-state index contributed by atoms with van der Waals surface area (Å²) < 4.78 is 11.2. The van der Waals surface area contributed by atoms with Crippen LogP contribution in [0.2, 0.25) is 0 Å². The number of ether oxygens (including phenoxy) is 2. The van der Waals surface area contributed by atoms with Crippen molar-refractivity contribution in [2.24, 2.45) is 0 Å². The third kappa shape index (κ3) is 5.59. The molecule has 0 unspecified atom stereocenters. The molecule has 0 fully saturated rings. The Morgan fingerprint density at radius 3 is 2.28 bits per heavy atom. The molecule has 3 aromatic carbocycles. The Hall–Kier alpha value is -3.80. The quantitative estimate of drug-likeness (QED) is 0.623. The molecule has 0 bridgehead atoms. The zero-order chi connectivity index (χ0) is 20.6. The Morgan fingerprint density at radius 1 is 0.862 bits per heavy atom. The van der Waals surface area contributed by atoms with Gasteiger partial charge < -0.3 is 20.1 Å². The minimum Gasteiger partial charge on any atom is -0.496 e. The topological polar surface area (TPSA) is 76.7 Å². The summed E-state index contributed by atoms with van der Waals surface area (Å²) in [6, 6.07) is 21.6. The van der Waals surface area contributed by atoms with Crippen LogP contribution in [0.15, 0.2) is 72.8 Å². The number of para-hydroxylation sites is 1. The van der Waals surface area contributed by atoms with Gasteiger partial charge in [0.05, 0.1) is 7.11 Å². The van der Waals surface area contributed by atoms with Gasteiger partial charge in [-0.15, -0.1) is 0 Å². The highest BCUT2D eigenvalue weighted by molar-refractivity contribution is 6.05. The first-order valence-corrected chi connectivity index (χ1v) is 9.09. The van der Waals surface area contributed by atoms with Gasteiger partial charge in [0.15, 0.2) is 0 Å². The van der Waals surface area contributed by atoms with Gasteiger partial charge in [-0.2, -0.15) is 0 Å². The van der Waals surface area contributed by atoms with Crippen LogP contribution in [0.25, 0.3) is 0 Å². The molecule has 29 heavy (non-hydrogen) atoms. The lowest BCUT2D eigenvalue weighted by Gasteiger charge is -2.13.